The summed E-state index contributed by atoms with van der Waals surface area (Å²) in [4.78, 5) is 8.31. The molecule has 2 atom stereocenters. The van der Waals surface area contributed by atoms with Crippen LogP contribution in [0.3, 0.4) is 0 Å². The highest BCUT2D eigenvalue weighted by atomic mass is 79.9. The molecule has 1 saturated carbocycles. The van der Waals surface area contributed by atoms with E-state index in [4.69, 9.17) is 0 Å². The highest BCUT2D eigenvalue weighted by Crippen LogP contribution is 2.33. The Morgan fingerprint density at radius 3 is 2.89 bits per heavy atom. The molecule has 0 bridgehead atoms. The fourth-order valence-corrected chi connectivity index (χ4v) is 3.25. The van der Waals surface area contributed by atoms with Gasteiger partial charge in [-0.1, -0.05) is 19.8 Å². The largest absolute Gasteiger partial charge is 0.388 e. The lowest BCUT2D eigenvalue weighted by molar-refractivity contribution is -0.000838. The third-order valence-corrected chi connectivity index (χ3v) is 4.43. The third-order valence-electron chi connectivity index (χ3n) is 3.68. The Hall–Kier alpha value is -0.880. The molecule has 5 nitrogen and oxygen atoms in total. The Morgan fingerprint density at radius 2 is 2.21 bits per heavy atom. The minimum absolute atomic E-state index is 0.524. The van der Waals surface area contributed by atoms with Crippen LogP contribution in [-0.4, -0.2) is 34.3 Å². The van der Waals surface area contributed by atoms with Gasteiger partial charge in [-0.2, -0.15) is 0 Å². The van der Waals surface area contributed by atoms with Crippen LogP contribution < -0.4 is 10.6 Å². The van der Waals surface area contributed by atoms with Crippen LogP contribution in [0.5, 0.6) is 0 Å². The van der Waals surface area contributed by atoms with Gasteiger partial charge < -0.3 is 15.7 Å². The van der Waals surface area contributed by atoms with E-state index in [9.17, 15) is 5.11 Å². The first-order chi connectivity index (χ1) is 9.04. The molecule has 0 aliphatic heterocycles. The van der Waals surface area contributed by atoms with E-state index < -0.39 is 5.60 Å². The summed E-state index contributed by atoms with van der Waals surface area (Å²) in [7, 11) is 1.81. The number of aliphatic hydroxyl groups is 1. The maximum Gasteiger partial charge on any atom is 0.146 e. The summed E-state index contributed by atoms with van der Waals surface area (Å²) in [6.45, 7) is 2.72. The lowest BCUT2D eigenvalue weighted by Crippen LogP contribution is -2.41. The fourth-order valence-electron chi connectivity index (χ4n) is 2.71. The molecule has 0 amide bonds. The molecule has 0 radical (unpaired) electrons. The van der Waals surface area contributed by atoms with Gasteiger partial charge in [-0.25, -0.2) is 9.97 Å². The van der Waals surface area contributed by atoms with Crippen LogP contribution in [0.1, 0.15) is 32.6 Å². The Balaban J connectivity index is 2.02. The minimum Gasteiger partial charge on any atom is -0.388 e. The molecule has 1 fully saturated rings. The van der Waals surface area contributed by atoms with Crippen LogP contribution in [0.15, 0.2) is 10.8 Å². The molecule has 0 aromatic carbocycles. The predicted octanol–water partition coefficient (Wildman–Crippen LogP) is 2.63. The summed E-state index contributed by atoms with van der Waals surface area (Å²) in [6, 6.07) is 0. The fraction of sp³-hybridized carbons (Fsp3) is 0.692. The van der Waals surface area contributed by atoms with Crippen molar-refractivity contribution >= 4 is 27.6 Å². The van der Waals surface area contributed by atoms with Gasteiger partial charge in [-0.3, -0.25) is 0 Å². The van der Waals surface area contributed by atoms with Crippen molar-refractivity contribution in [3.63, 3.8) is 0 Å². The van der Waals surface area contributed by atoms with Crippen molar-refractivity contribution in [1.29, 1.82) is 0 Å². The van der Waals surface area contributed by atoms with Crippen molar-refractivity contribution in [2.75, 3.05) is 24.2 Å². The number of rotatable bonds is 4. The highest BCUT2D eigenvalue weighted by Gasteiger charge is 2.32. The molecule has 6 heteroatoms. The quantitative estimate of drug-likeness (QED) is 0.792. The second-order valence-corrected chi connectivity index (χ2v) is 6.21. The lowest BCUT2D eigenvalue weighted by atomic mass is 9.79. The van der Waals surface area contributed by atoms with Crippen molar-refractivity contribution in [1.82, 2.24) is 9.97 Å². The van der Waals surface area contributed by atoms with Gasteiger partial charge in [-0.05, 0) is 34.7 Å². The molecule has 1 aliphatic rings. The van der Waals surface area contributed by atoms with Gasteiger partial charge in [0.15, 0.2) is 0 Å². The molecule has 19 heavy (non-hydrogen) atoms. The SMILES string of the molecule is CNc1ncnc(NCC2(O)CCCC(C)C2)c1Br. The van der Waals surface area contributed by atoms with E-state index >= 15 is 0 Å². The van der Waals surface area contributed by atoms with Crippen molar-refractivity contribution in [3.8, 4) is 0 Å². The van der Waals surface area contributed by atoms with E-state index in [0.717, 1.165) is 29.6 Å². The number of aromatic nitrogens is 2. The van der Waals surface area contributed by atoms with Crippen LogP contribution in [0.4, 0.5) is 11.6 Å². The monoisotopic (exact) mass is 328 g/mol. The second-order valence-electron chi connectivity index (χ2n) is 5.41. The zero-order chi connectivity index (χ0) is 13.9. The number of anilines is 2. The summed E-state index contributed by atoms with van der Waals surface area (Å²) in [5.74, 6) is 2.04. The summed E-state index contributed by atoms with van der Waals surface area (Å²) in [5, 5.41) is 16.8. The van der Waals surface area contributed by atoms with Crippen molar-refractivity contribution in [2.45, 2.75) is 38.2 Å². The molecule has 2 rings (SSSR count). The third kappa shape index (κ3) is 3.57. The van der Waals surface area contributed by atoms with Crippen LogP contribution in [0.25, 0.3) is 0 Å². The highest BCUT2D eigenvalue weighted by molar-refractivity contribution is 9.10. The first-order valence-electron chi connectivity index (χ1n) is 6.68. The molecule has 1 aromatic rings. The number of hydrogen-bond acceptors (Lipinski definition) is 5. The maximum absolute atomic E-state index is 10.6. The summed E-state index contributed by atoms with van der Waals surface area (Å²) >= 11 is 3.46. The lowest BCUT2D eigenvalue weighted by Gasteiger charge is -2.35. The molecule has 0 spiro atoms. The van der Waals surface area contributed by atoms with E-state index in [2.05, 4.69) is 43.5 Å². The van der Waals surface area contributed by atoms with Crippen molar-refractivity contribution in [2.24, 2.45) is 5.92 Å². The maximum atomic E-state index is 10.6. The average molecular weight is 329 g/mol. The first-order valence-corrected chi connectivity index (χ1v) is 7.48. The number of hydrogen-bond donors (Lipinski definition) is 3. The molecule has 3 N–H and O–H groups in total. The van der Waals surface area contributed by atoms with E-state index in [1.54, 1.807) is 0 Å². The van der Waals surface area contributed by atoms with Gasteiger partial charge in [0.1, 0.15) is 22.4 Å². The van der Waals surface area contributed by atoms with Gasteiger partial charge in [0.25, 0.3) is 0 Å². The Morgan fingerprint density at radius 1 is 1.47 bits per heavy atom. The Bertz CT molecular complexity index is 443. The number of halogens is 1. The number of nitrogens with zero attached hydrogens (tertiary/aromatic N) is 2. The van der Waals surface area contributed by atoms with Crippen molar-refractivity contribution in [3.05, 3.63) is 10.8 Å². The van der Waals surface area contributed by atoms with Gasteiger partial charge in [0, 0.05) is 13.6 Å². The molecular formula is C13H21BrN4O. The molecule has 0 saturated heterocycles. The molecular weight excluding hydrogens is 308 g/mol. The average Bonchev–Trinajstić information content (AvgIpc) is 2.37. The summed E-state index contributed by atoms with van der Waals surface area (Å²) in [6.07, 6.45) is 5.51. The summed E-state index contributed by atoms with van der Waals surface area (Å²) in [5.41, 5.74) is -0.623. The van der Waals surface area contributed by atoms with Crippen LogP contribution in [0, 0.1) is 5.92 Å². The van der Waals surface area contributed by atoms with Crippen LogP contribution >= 0.6 is 15.9 Å². The molecule has 1 aliphatic carbocycles. The zero-order valence-corrected chi connectivity index (χ0v) is 13.0. The van der Waals surface area contributed by atoms with Crippen LogP contribution in [0.2, 0.25) is 0 Å². The summed E-state index contributed by atoms with van der Waals surface area (Å²) < 4.78 is 0.796. The number of nitrogens with one attached hydrogen (secondary N) is 2. The van der Waals surface area contributed by atoms with E-state index in [1.165, 1.54) is 12.7 Å². The molecule has 1 aromatic heterocycles. The normalized spacial score (nSPS) is 27.1. The zero-order valence-electron chi connectivity index (χ0n) is 11.4. The Labute approximate surface area is 122 Å². The minimum atomic E-state index is -0.623. The second kappa shape index (κ2) is 6.05. The van der Waals surface area contributed by atoms with Gasteiger partial charge in [0.2, 0.25) is 0 Å². The molecule has 2 unspecified atom stereocenters. The predicted molar refractivity (Wildman–Crippen MR) is 80.4 cm³/mol. The topological polar surface area (TPSA) is 70.1 Å². The van der Waals surface area contributed by atoms with Gasteiger partial charge in [0.05, 0.1) is 5.60 Å². The van der Waals surface area contributed by atoms with Crippen LogP contribution in [-0.2, 0) is 0 Å². The Kier molecular flexibility index (Phi) is 4.62. The van der Waals surface area contributed by atoms with Gasteiger partial charge in [-0.15, -0.1) is 0 Å². The standard InChI is InChI=1S/C13H21BrN4O/c1-9-4-3-5-13(19,6-9)7-16-12-10(14)11(15-2)17-8-18-12/h8-9,19H,3-7H2,1-2H3,(H2,15,16,17,18). The van der Waals surface area contributed by atoms with Crippen molar-refractivity contribution < 1.29 is 5.11 Å². The van der Waals surface area contributed by atoms with E-state index in [1.807, 2.05) is 7.05 Å². The molecule has 1 heterocycles. The first kappa shape index (κ1) is 14.5. The van der Waals surface area contributed by atoms with E-state index in [-0.39, 0.29) is 0 Å². The van der Waals surface area contributed by atoms with E-state index in [0.29, 0.717) is 18.3 Å². The van der Waals surface area contributed by atoms with Gasteiger partial charge >= 0.3 is 0 Å². The smallest absolute Gasteiger partial charge is 0.146 e. The molecule has 106 valence electrons.